The van der Waals surface area contributed by atoms with Gasteiger partial charge in [0.15, 0.2) is 17.3 Å². The van der Waals surface area contributed by atoms with Gasteiger partial charge in [0.05, 0.1) is 19.6 Å². The van der Waals surface area contributed by atoms with E-state index in [0.717, 1.165) is 0 Å². The highest BCUT2D eigenvalue weighted by atomic mass is 19.4. The number of hydrogen-bond donors (Lipinski definition) is 1. The molecule has 28 heavy (non-hydrogen) atoms. The average molecular weight is 401 g/mol. The van der Waals surface area contributed by atoms with E-state index in [1.165, 1.54) is 14.0 Å². The lowest BCUT2D eigenvalue weighted by Crippen LogP contribution is -2.41. The first-order chi connectivity index (χ1) is 13.2. The Hall–Kier alpha value is -2.25. The zero-order valence-electron chi connectivity index (χ0n) is 16.1. The second-order valence-electron chi connectivity index (χ2n) is 7.04. The van der Waals surface area contributed by atoms with Crippen LogP contribution in [0.15, 0.2) is 18.2 Å². The van der Waals surface area contributed by atoms with Crippen LogP contribution in [0.2, 0.25) is 0 Å². The van der Waals surface area contributed by atoms with E-state index in [1.54, 1.807) is 18.2 Å². The number of carbonyl (C=O) groups is 2. The summed E-state index contributed by atoms with van der Waals surface area (Å²) in [5.41, 5.74) is 0.508. The number of alkyl halides is 3. The Morgan fingerprint density at radius 2 is 1.96 bits per heavy atom. The van der Waals surface area contributed by atoms with Crippen LogP contribution in [0.25, 0.3) is 0 Å². The summed E-state index contributed by atoms with van der Waals surface area (Å²) >= 11 is 0. The van der Waals surface area contributed by atoms with Crippen molar-refractivity contribution in [2.75, 3.05) is 13.7 Å². The minimum Gasteiger partial charge on any atom is -0.493 e. The monoisotopic (exact) mass is 401 g/mol. The SMILES string of the molecule is COc1cc(C(C)=O)ccc1OCCCC(=O)N[C@H]1CCC[C@@H](C(F)(F)F)C1. The lowest BCUT2D eigenvalue weighted by atomic mass is 9.85. The summed E-state index contributed by atoms with van der Waals surface area (Å²) in [5.74, 6) is -0.793. The number of ketones is 1. The van der Waals surface area contributed by atoms with E-state index < -0.39 is 18.1 Å². The molecule has 0 unspecified atom stereocenters. The van der Waals surface area contributed by atoms with Crippen molar-refractivity contribution in [2.24, 2.45) is 5.92 Å². The number of Topliss-reactive ketones (excluding diaryl/α,β-unsaturated/α-hetero) is 1. The smallest absolute Gasteiger partial charge is 0.391 e. The summed E-state index contributed by atoms with van der Waals surface area (Å²) in [6.07, 6.45) is -2.49. The van der Waals surface area contributed by atoms with Crippen LogP contribution in [0.3, 0.4) is 0 Å². The predicted octanol–water partition coefficient (Wildman–Crippen LogP) is 4.29. The molecule has 1 saturated carbocycles. The Labute approximate surface area is 162 Å². The first-order valence-electron chi connectivity index (χ1n) is 9.38. The molecule has 8 heteroatoms. The standard InChI is InChI=1S/C20H26F3NO4/c1-13(25)14-8-9-17(18(11-14)27-2)28-10-4-7-19(26)24-16-6-3-5-15(12-16)20(21,22)23/h8-9,11,15-16H,3-7,10,12H2,1-2H3,(H,24,26)/t15-,16+/m1/s1. The number of amides is 1. The Morgan fingerprint density at radius 3 is 2.61 bits per heavy atom. The third-order valence-electron chi connectivity index (χ3n) is 4.88. The van der Waals surface area contributed by atoms with Gasteiger partial charge in [0.2, 0.25) is 5.91 Å². The molecule has 0 bridgehead atoms. The highest BCUT2D eigenvalue weighted by molar-refractivity contribution is 5.94. The molecule has 0 aromatic heterocycles. The van der Waals surface area contributed by atoms with Gasteiger partial charge in [-0.3, -0.25) is 9.59 Å². The predicted molar refractivity (Wildman–Crippen MR) is 97.7 cm³/mol. The number of rotatable bonds is 8. The molecule has 1 aromatic rings. The van der Waals surface area contributed by atoms with E-state index in [4.69, 9.17) is 9.47 Å². The number of methoxy groups -OCH3 is 1. The molecule has 2 rings (SSSR count). The second-order valence-corrected chi connectivity index (χ2v) is 7.04. The van der Waals surface area contributed by atoms with Crippen molar-refractivity contribution in [1.29, 1.82) is 0 Å². The molecule has 1 aromatic carbocycles. The van der Waals surface area contributed by atoms with E-state index in [9.17, 15) is 22.8 Å². The summed E-state index contributed by atoms with van der Waals surface area (Å²) < 4.78 is 49.3. The number of benzene rings is 1. The van der Waals surface area contributed by atoms with Crippen LogP contribution in [0, 0.1) is 5.92 Å². The van der Waals surface area contributed by atoms with E-state index in [2.05, 4.69) is 5.32 Å². The van der Waals surface area contributed by atoms with Crippen LogP contribution in [0.5, 0.6) is 11.5 Å². The third kappa shape index (κ3) is 6.42. The fourth-order valence-corrected chi connectivity index (χ4v) is 3.34. The molecule has 2 atom stereocenters. The van der Waals surface area contributed by atoms with Gasteiger partial charge in [0, 0.05) is 18.0 Å². The first-order valence-corrected chi connectivity index (χ1v) is 9.38. The number of ether oxygens (including phenoxy) is 2. The lowest BCUT2D eigenvalue weighted by Gasteiger charge is -2.31. The molecule has 1 fully saturated rings. The van der Waals surface area contributed by atoms with Gasteiger partial charge < -0.3 is 14.8 Å². The summed E-state index contributed by atoms with van der Waals surface area (Å²) in [4.78, 5) is 23.4. The van der Waals surface area contributed by atoms with Gasteiger partial charge in [0.1, 0.15) is 0 Å². The number of hydrogen-bond acceptors (Lipinski definition) is 4. The number of carbonyl (C=O) groups excluding carboxylic acids is 2. The Balaban J connectivity index is 1.75. The van der Waals surface area contributed by atoms with Crippen LogP contribution in [-0.4, -0.2) is 37.6 Å². The maximum absolute atomic E-state index is 12.8. The minimum absolute atomic E-state index is 0.0502. The molecule has 0 saturated heterocycles. The van der Waals surface area contributed by atoms with Crippen molar-refractivity contribution in [1.82, 2.24) is 5.32 Å². The minimum atomic E-state index is -4.20. The zero-order valence-corrected chi connectivity index (χ0v) is 16.1. The van der Waals surface area contributed by atoms with Gasteiger partial charge in [-0.15, -0.1) is 0 Å². The van der Waals surface area contributed by atoms with E-state index in [1.807, 2.05) is 0 Å². The van der Waals surface area contributed by atoms with Crippen molar-refractivity contribution < 1.29 is 32.2 Å². The summed E-state index contributed by atoms with van der Waals surface area (Å²) in [5, 5.41) is 2.71. The van der Waals surface area contributed by atoms with E-state index in [0.29, 0.717) is 36.3 Å². The summed E-state index contributed by atoms with van der Waals surface area (Å²) in [6.45, 7) is 1.70. The summed E-state index contributed by atoms with van der Waals surface area (Å²) in [6, 6.07) is 4.43. The van der Waals surface area contributed by atoms with Gasteiger partial charge in [0.25, 0.3) is 0 Å². The average Bonchev–Trinajstić information content (AvgIpc) is 2.64. The van der Waals surface area contributed by atoms with Crippen molar-refractivity contribution in [2.45, 2.75) is 57.7 Å². The zero-order chi connectivity index (χ0) is 20.7. The largest absolute Gasteiger partial charge is 0.493 e. The van der Waals surface area contributed by atoms with Crippen LogP contribution < -0.4 is 14.8 Å². The van der Waals surface area contributed by atoms with Gasteiger partial charge in [-0.2, -0.15) is 13.2 Å². The maximum atomic E-state index is 12.8. The lowest BCUT2D eigenvalue weighted by molar-refractivity contribution is -0.184. The highest BCUT2D eigenvalue weighted by Gasteiger charge is 2.42. The molecule has 0 radical (unpaired) electrons. The van der Waals surface area contributed by atoms with E-state index in [-0.39, 0.29) is 37.6 Å². The van der Waals surface area contributed by atoms with Crippen LogP contribution in [0.4, 0.5) is 13.2 Å². The van der Waals surface area contributed by atoms with E-state index >= 15 is 0 Å². The fraction of sp³-hybridized carbons (Fsp3) is 0.600. The molecule has 5 nitrogen and oxygen atoms in total. The topological polar surface area (TPSA) is 64.6 Å². The Bertz CT molecular complexity index is 691. The van der Waals surface area contributed by atoms with Gasteiger partial charge in [-0.25, -0.2) is 0 Å². The highest BCUT2D eigenvalue weighted by Crippen LogP contribution is 2.37. The molecule has 156 valence electrons. The Kier molecular flexibility index (Phi) is 7.71. The van der Waals surface area contributed by atoms with Gasteiger partial charge in [-0.1, -0.05) is 6.42 Å². The molecule has 0 spiro atoms. The van der Waals surface area contributed by atoms with Crippen LogP contribution in [-0.2, 0) is 4.79 Å². The maximum Gasteiger partial charge on any atom is 0.391 e. The number of nitrogens with one attached hydrogen (secondary N) is 1. The molecule has 0 heterocycles. The van der Waals surface area contributed by atoms with Crippen molar-refractivity contribution in [3.8, 4) is 11.5 Å². The number of halogens is 3. The molecule has 1 amide bonds. The molecule has 1 aliphatic carbocycles. The van der Waals surface area contributed by atoms with Gasteiger partial charge in [-0.05, 0) is 50.8 Å². The second kappa shape index (κ2) is 9.80. The third-order valence-corrected chi connectivity index (χ3v) is 4.88. The molecular weight excluding hydrogens is 375 g/mol. The quantitative estimate of drug-likeness (QED) is 0.521. The first kappa shape index (κ1) is 22.0. The van der Waals surface area contributed by atoms with Crippen LogP contribution in [0.1, 0.15) is 55.8 Å². The normalized spacial score (nSPS) is 19.8. The molecule has 1 aliphatic rings. The van der Waals surface area contributed by atoms with Crippen molar-refractivity contribution >= 4 is 11.7 Å². The molecular formula is C20H26F3NO4. The Morgan fingerprint density at radius 1 is 1.21 bits per heavy atom. The molecule has 1 N–H and O–H groups in total. The summed E-state index contributed by atoms with van der Waals surface area (Å²) in [7, 11) is 1.47. The van der Waals surface area contributed by atoms with Gasteiger partial charge >= 0.3 is 6.18 Å². The van der Waals surface area contributed by atoms with Crippen molar-refractivity contribution in [3.05, 3.63) is 23.8 Å². The van der Waals surface area contributed by atoms with Crippen LogP contribution >= 0.6 is 0 Å². The fourth-order valence-electron chi connectivity index (χ4n) is 3.34. The molecule has 0 aliphatic heterocycles. The van der Waals surface area contributed by atoms with Crippen molar-refractivity contribution in [3.63, 3.8) is 0 Å².